The quantitative estimate of drug-likeness (QED) is 0.589. The number of anilines is 2. The van der Waals surface area contributed by atoms with Crippen molar-refractivity contribution in [1.29, 1.82) is 0 Å². The Hall–Kier alpha value is -3.57. The molecule has 2 amide bonds. The lowest BCUT2D eigenvalue weighted by molar-refractivity contribution is -0.120. The van der Waals surface area contributed by atoms with Crippen LogP contribution in [0.1, 0.15) is 11.1 Å². The Morgan fingerprint density at radius 1 is 0.900 bits per heavy atom. The maximum absolute atomic E-state index is 13.5. The number of ether oxygens (including phenoxy) is 1. The van der Waals surface area contributed by atoms with E-state index in [2.05, 4.69) is 5.32 Å². The van der Waals surface area contributed by atoms with Gasteiger partial charge in [0.25, 0.3) is 11.8 Å². The minimum absolute atomic E-state index is 0.187. The molecule has 150 valence electrons. The molecule has 0 spiro atoms. The maximum Gasteiger partial charge on any atom is 0.282 e. The van der Waals surface area contributed by atoms with Gasteiger partial charge in [-0.3, -0.25) is 9.59 Å². The molecule has 0 aliphatic carbocycles. The molecule has 0 aromatic heterocycles. The van der Waals surface area contributed by atoms with E-state index < -0.39 is 11.8 Å². The molecule has 3 aromatic rings. The van der Waals surface area contributed by atoms with E-state index in [-0.39, 0.29) is 11.3 Å². The molecule has 1 aliphatic rings. The van der Waals surface area contributed by atoms with Crippen LogP contribution in [0.4, 0.5) is 11.4 Å². The monoisotopic (exact) mass is 418 g/mol. The van der Waals surface area contributed by atoms with Crippen LogP contribution in [-0.4, -0.2) is 18.9 Å². The van der Waals surface area contributed by atoms with Crippen LogP contribution in [-0.2, 0) is 9.59 Å². The van der Waals surface area contributed by atoms with Gasteiger partial charge in [-0.25, -0.2) is 4.90 Å². The number of hydrogen-bond donors (Lipinski definition) is 1. The normalized spacial score (nSPS) is 13.8. The van der Waals surface area contributed by atoms with Crippen molar-refractivity contribution in [3.8, 4) is 5.75 Å². The fourth-order valence-electron chi connectivity index (χ4n) is 3.37. The summed E-state index contributed by atoms with van der Waals surface area (Å²) in [4.78, 5) is 28.0. The third-order valence-electron chi connectivity index (χ3n) is 4.92. The third kappa shape index (κ3) is 3.44. The molecular formula is C24H19ClN2O3. The van der Waals surface area contributed by atoms with Crippen LogP contribution in [0.25, 0.3) is 5.57 Å². The molecule has 0 atom stereocenters. The molecule has 0 unspecified atom stereocenters. The second-order valence-electron chi connectivity index (χ2n) is 6.82. The van der Waals surface area contributed by atoms with Crippen LogP contribution in [0.3, 0.4) is 0 Å². The number of para-hydroxylation sites is 2. The fraction of sp³-hybridized carbons (Fsp3) is 0.0833. The van der Waals surface area contributed by atoms with Crippen molar-refractivity contribution < 1.29 is 14.3 Å². The van der Waals surface area contributed by atoms with E-state index in [0.717, 1.165) is 10.5 Å². The van der Waals surface area contributed by atoms with E-state index in [1.54, 1.807) is 36.4 Å². The first kappa shape index (κ1) is 19.7. The molecule has 4 rings (SSSR count). The predicted octanol–water partition coefficient (Wildman–Crippen LogP) is 5.05. The maximum atomic E-state index is 13.5. The molecule has 5 nitrogen and oxygen atoms in total. The number of amides is 2. The number of carbonyl (C=O) groups excluding carboxylic acids is 2. The van der Waals surface area contributed by atoms with Crippen molar-refractivity contribution in [2.45, 2.75) is 6.92 Å². The van der Waals surface area contributed by atoms with Crippen LogP contribution >= 0.6 is 11.6 Å². The van der Waals surface area contributed by atoms with Gasteiger partial charge in [0.2, 0.25) is 0 Å². The highest BCUT2D eigenvalue weighted by atomic mass is 35.5. The molecule has 30 heavy (non-hydrogen) atoms. The smallest absolute Gasteiger partial charge is 0.282 e. The van der Waals surface area contributed by atoms with Crippen LogP contribution in [0.5, 0.6) is 5.75 Å². The highest BCUT2D eigenvalue weighted by molar-refractivity contribution is 6.46. The molecule has 1 aliphatic heterocycles. The topological polar surface area (TPSA) is 58.6 Å². The molecule has 6 heteroatoms. The van der Waals surface area contributed by atoms with E-state index in [0.29, 0.717) is 27.7 Å². The van der Waals surface area contributed by atoms with Crippen molar-refractivity contribution in [2.24, 2.45) is 0 Å². The zero-order valence-electron chi connectivity index (χ0n) is 16.5. The van der Waals surface area contributed by atoms with E-state index in [9.17, 15) is 9.59 Å². The molecular weight excluding hydrogens is 400 g/mol. The van der Waals surface area contributed by atoms with Gasteiger partial charge in [0.15, 0.2) is 0 Å². The summed E-state index contributed by atoms with van der Waals surface area (Å²) in [7, 11) is 1.53. The predicted molar refractivity (Wildman–Crippen MR) is 119 cm³/mol. The summed E-state index contributed by atoms with van der Waals surface area (Å²) in [5.74, 6) is -0.391. The lowest BCUT2D eigenvalue weighted by Crippen LogP contribution is -2.32. The number of rotatable bonds is 5. The average molecular weight is 419 g/mol. The average Bonchev–Trinajstić information content (AvgIpc) is 3.00. The highest BCUT2D eigenvalue weighted by Gasteiger charge is 2.41. The van der Waals surface area contributed by atoms with Crippen molar-refractivity contribution in [3.05, 3.63) is 94.6 Å². The van der Waals surface area contributed by atoms with Gasteiger partial charge in [0, 0.05) is 16.3 Å². The Bertz CT molecular complexity index is 1170. The molecule has 1 N–H and O–H groups in total. The van der Waals surface area contributed by atoms with Gasteiger partial charge in [-0.2, -0.15) is 0 Å². The molecule has 0 fully saturated rings. The molecule has 0 bridgehead atoms. The largest absolute Gasteiger partial charge is 0.496 e. The standard InChI is InChI=1S/C24H19ClN2O3/c1-15-12-13-17(14-19(15)25)27-23(28)21(18-10-6-7-11-20(18)30-2)22(24(27)29)26-16-8-4-3-5-9-16/h3-14,26H,1-2H3. The van der Waals surface area contributed by atoms with Crippen molar-refractivity contribution in [3.63, 3.8) is 0 Å². The Kier molecular flexibility index (Phi) is 5.29. The lowest BCUT2D eigenvalue weighted by atomic mass is 10.0. The molecule has 3 aromatic carbocycles. The Labute approximate surface area is 179 Å². The summed E-state index contributed by atoms with van der Waals surface area (Å²) in [5, 5.41) is 3.61. The molecule has 0 saturated carbocycles. The summed E-state index contributed by atoms with van der Waals surface area (Å²) in [6.45, 7) is 1.86. The van der Waals surface area contributed by atoms with Crippen LogP contribution in [0.15, 0.2) is 78.5 Å². The molecule has 1 heterocycles. The SMILES string of the molecule is COc1ccccc1C1=C(Nc2ccccc2)C(=O)N(c2ccc(C)c(Cl)c2)C1=O. The summed E-state index contributed by atoms with van der Waals surface area (Å²) in [6.07, 6.45) is 0. The number of halogens is 1. The zero-order valence-corrected chi connectivity index (χ0v) is 17.2. The van der Waals surface area contributed by atoms with Gasteiger partial charge in [0.1, 0.15) is 11.4 Å². The number of methoxy groups -OCH3 is 1. The van der Waals surface area contributed by atoms with Gasteiger partial charge in [0.05, 0.1) is 18.4 Å². The third-order valence-corrected chi connectivity index (χ3v) is 5.32. The Morgan fingerprint density at radius 3 is 2.30 bits per heavy atom. The summed E-state index contributed by atoms with van der Waals surface area (Å²) in [6, 6.07) is 21.5. The van der Waals surface area contributed by atoms with Gasteiger partial charge < -0.3 is 10.1 Å². The summed E-state index contributed by atoms with van der Waals surface area (Å²) in [5.41, 5.74) is 2.95. The number of nitrogens with zero attached hydrogens (tertiary/aromatic N) is 1. The van der Waals surface area contributed by atoms with Crippen LogP contribution in [0, 0.1) is 6.92 Å². The van der Waals surface area contributed by atoms with Crippen molar-refractivity contribution >= 4 is 40.4 Å². The van der Waals surface area contributed by atoms with Crippen molar-refractivity contribution in [1.82, 2.24) is 0 Å². The van der Waals surface area contributed by atoms with Gasteiger partial charge in [-0.15, -0.1) is 0 Å². The van der Waals surface area contributed by atoms with Crippen molar-refractivity contribution in [2.75, 3.05) is 17.3 Å². The summed E-state index contributed by atoms with van der Waals surface area (Å²) < 4.78 is 5.45. The molecule has 0 radical (unpaired) electrons. The van der Waals surface area contributed by atoms with E-state index in [1.807, 2.05) is 43.3 Å². The zero-order chi connectivity index (χ0) is 21.3. The van der Waals surface area contributed by atoms with E-state index in [4.69, 9.17) is 16.3 Å². The highest BCUT2D eigenvalue weighted by Crippen LogP contribution is 2.38. The number of imide groups is 1. The van der Waals surface area contributed by atoms with Gasteiger partial charge in [-0.05, 0) is 42.8 Å². The number of carbonyl (C=O) groups is 2. The number of nitrogens with one attached hydrogen (secondary N) is 1. The van der Waals surface area contributed by atoms with Gasteiger partial charge >= 0.3 is 0 Å². The van der Waals surface area contributed by atoms with Crippen LogP contribution in [0.2, 0.25) is 5.02 Å². The van der Waals surface area contributed by atoms with E-state index in [1.165, 1.54) is 7.11 Å². The first-order valence-corrected chi connectivity index (χ1v) is 9.73. The Balaban J connectivity index is 1.87. The minimum atomic E-state index is -0.454. The minimum Gasteiger partial charge on any atom is -0.496 e. The second-order valence-corrected chi connectivity index (χ2v) is 7.23. The van der Waals surface area contributed by atoms with Gasteiger partial charge in [-0.1, -0.05) is 54.1 Å². The fourth-order valence-corrected chi connectivity index (χ4v) is 3.54. The molecule has 0 saturated heterocycles. The Morgan fingerprint density at radius 2 is 1.60 bits per heavy atom. The number of benzene rings is 3. The number of aryl methyl sites for hydroxylation is 1. The van der Waals surface area contributed by atoms with Crippen LogP contribution < -0.4 is 15.0 Å². The first-order valence-electron chi connectivity index (χ1n) is 9.36. The first-order chi connectivity index (χ1) is 14.5. The number of hydrogen-bond acceptors (Lipinski definition) is 4. The summed E-state index contributed by atoms with van der Waals surface area (Å²) >= 11 is 6.26. The lowest BCUT2D eigenvalue weighted by Gasteiger charge is -2.16. The second kappa shape index (κ2) is 8.05. The van der Waals surface area contributed by atoms with E-state index >= 15 is 0 Å².